The lowest BCUT2D eigenvalue weighted by Gasteiger charge is -2.26. The molecule has 328 valence electrons. The predicted molar refractivity (Wildman–Crippen MR) is 248 cm³/mol. The lowest BCUT2D eigenvalue weighted by molar-refractivity contribution is 0.327. The van der Waals surface area contributed by atoms with Gasteiger partial charge >= 0.3 is 0 Å². The first kappa shape index (κ1) is 51.3. The third-order valence-corrected chi connectivity index (χ3v) is 10.7. The highest BCUT2D eigenvalue weighted by molar-refractivity contribution is 5.85. The molecule has 0 aliphatic carbocycles. The number of halogens is 2. The van der Waals surface area contributed by atoms with E-state index in [0.717, 1.165) is 96.6 Å². The summed E-state index contributed by atoms with van der Waals surface area (Å²) in [5, 5.41) is 6.94. The van der Waals surface area contributed by atoms with Crippen LogP contribution in [0.3, 0.4) is 0 Å². The Kier molecular flexibility index (Phi) is 24.1. The fraction of sp³-hybridized carbons (Fsp3) is 0.521. The van der Waals surface area contributed by atoms with Crippen LogP contribution in [-0.4, -0.2) is 72.3 Å². The van der Waals surface area contributed by atoms with Crippen LogP contribution in [0.5, 0.6) is 34.5 Å². The molecule has 0 radical (unpaired) electrons. The number of piperidine rings is 2. The van der Waals surface area contributed by atoms with Gasteiger partial charge < -0.3 is 39.1 Å². The molecule has 0 saturated carbocycles. The van der Waals surface area contributed by atoms with Crippen LogP contribution in [0.1, 0.15) is 107 Å². The molecule has 2 aliphatic heterocycles. The van der Waals surface area contributed by atoms with Crippen molar-refractivity contribution in [3.63, 3.8) is 0 Å². The van der Waals surface area contributed by atoms with E-state index in [9.17, 15) is 0 Å². The van der Waals surface area contributed by atoms with Crippen molar-refractivity contribution in [3.8, 4) is 45.6 Å². The molecule has 0 amide bonds. The second-order valence-electron chi connectivity index (χ2n) is 14.3. The van der Waals surface area contributed by atoms with Crippen LogP contribution in [0.15, 0.2) is 60.9 Å². The summed E-state index contributed by atoms with van der Waals surface area (Å²) >= 11 is 0. The van der Waals surface area contributed by atoms with Crippen LogP contribution in [0.2, 0.25) is 0 Å². The van der Waals surface area contributed by atoms with Crippen molar-refractivity contribution in [1.82, 2.24) is 15.6 Å². The smallest absolute Gasteiger partial charge is 0.127 e. The van der Waals surface area contributed by atoms with Crippen LogP contribution in [0.4, 0.5) is 0 Å². The number of benzene rings is 3. The first-order chi connectivity index (χ1) is 27.9. The molecule has 2 saturated heterocycles. The molecule has 11 heteroatoms. The van der Waals surface area contributed by atoms with E-state index in [4.69, 9.17) is 28.4 Å². The molecule has 0 bridgehead atoms. The van der Waals surface area contributed by atoms with Gasteiger partial charge in [-0.05, 0) is 138 Å². The maximum atomic E-state index is 5.85. The van der Waals surface area contributed by atoms with Gasteiger partial charge in [0.2, 0.25) is 0 Å². The van der Waals surface area contributed by atoms with Gasteiger partial charge in [-0.1, -0.05) is 26.8 Å². The zero-order chi connectivity index (χ0) is 41.0. The minimum absolute atomic E-state index is 0. The normalized spacial score (nSPS) is 15.7. The van der Waals surface area contributed by atoms with Crippen molar-refractivity contribution in [1.29, 1.82) is 0 Å². The van der Waals surface area contributed by atoms with Gasteiger partial charge in [-0.25, -0.2) is 0 Å². The third kappa shape index (κ3) is 14.4. The topological polar surface area (TPSA) is 92.3 Å². The Morgan fingerprint density at radius 2 is 0.983 bits per heavy atom. The number of pyridine rings is 1. The van der Waals surface area contributed by atoms with E-state index in [2.05, 4.69) is 66.7 Å². The third-order valence-electron chi connectivity index (χ3n) is 10.7. The van der Waals surface area contributed by atoms with Gasteiger partial charge in [0, 0.05) is 59.6 Å². The molecule has 2 atom stereocenters. The van der Waals surface area contributed by atoms with Crippen molar-refractivity contribution in [2.24, 2.45) is 0 Å². The summed E-state index contributed by atoms with van der Waals surface area (Å²) in [7, 11) is 5.19. The number of nitrogens with zero attached hydrogens (tertiary/aromatic N) is 1. The monoisotopic (exact) mass is 855 g/mol. The van der Waals surface area contributed by atoms with E-state index in [1.807, 2.05) is 45.2 Å². The Balaban J connectivity index is 0.000000300. The van der Waals surface area contributed by atoms with E-state index in [1.54, 1.807) is 27.5 Å². The molecule has 9 nitrogen and oxygen atoms in total. The van der Waals surface area contributed by atoms with Gasteiger partial charge in [-0.15, -0.1) is 24.8 Å². The average Bonchev–Trinajstić information content (AvgIpc) is 3.27. The van der Waals surface area contributed by atoms with Crippen molar-refractivity contribution >= 4 is 24.8 Å². The van der Waals surface area contributed by atoms with Crippen molar-refractivity contribution in [2.75, 3.05) is 67.3 Å². The number of hydrogen-bond donors (Lipinski definition) is 2. The summed E-state index contributed by atoms with van der Waals surface area (Å²) in [6.07, 6.45) is 11.4. The summed E-state index contributed by atoms with van der Waals surface area (Å²) in [5.41, 5.74) is 8.23. The molecular formula is C48H71Cl2N3O6. The fourth-order valence-electron chi connectivity index (χ4n) is 7.69. The maximum Gasteiger partial charge on any atom is 0.127 e. The summed E-state index contributed by atoms with van der Waals surface area (Å²) in [5.74, 6) is 6.91. The lowest BCUT2D eigenvalue weighted by Crippen LogP contribution is -2.28. The number of aryl methyl sites for hydroxylation is 3. The Hall–Kier alpha value is -3.89. The van der Waals surface area contributed by atoms with Crippen LogP contribution in [-0.2, 0) is 19.3 Å². The lowest BCUT2D eigenvalue weighted by atomic mass is 9.89. The van der Waals surface area contributed by atoms with Crippen LogP contribution >= 0.6 is 24.8 Å². The molecule has 0 unspecified atom stereocenters. The molecule has 3 aromatic carbocycles. The summed E-state index contributed by atoms with van der Waals surface area (Å²) in [6.45, 7) is 18.9. The largest absolute Gasteiger partial charge is 0.496 e. The fourth-order valence-corrected chi connectivity index (χ4v) is 7.69. The Bertz CT molecular complexity index is 1700. The second-order valence-corrected chi connectivity index (χ2v) is 14.3. The van der Waals surface area contributed by atoms with Crippen LogP contribution in [0, 0.1) is 0 Å². The highest BCUT2D eigenvalue weighted by Crippen LogP contribution is 2.39. The number of aromatic nitrogens is 1. The van der Waals surface area contributed by atoms with E-state index in [-0.39, 0.29) is 24.8 Å². The highest BCUT2D eigenvalue weighted by Gasteiger charge is 2.23. The van der Waals surface area contributed by atoms with Crippen LogP contribution < -0.4 is 39.1 Å². The van der Waals surface area contributed by atoms with E-state index in [0.29, 0.717) is 31.7 Å². The minimum atomic E-state index is 0. The predicted octanol–water partition coefficient (Wildman–Crippen LogP) is 10.8. The highest BCUT2D eigenvalue weighted by atomic mass is 35.5. The van der Waals surface area contributed by atoms with Crippen molar-refractivity contribution in [3.05, 3.63) is 88.7 Å². The van der Waals surface area contributed by atoms with Gasteiger partial charge in [-0.2, -0.15) is 0 Å². The number of methoxy groups -OCH3 is 3. The Morgan fingerprint density at radius 1 is 0.559 bits per heavy atom. The van der Waals surface area contributed by atoms with Gasteiger partial charge in [0.25, 0.3) is 0 Å². The van der Waals surface area contributed by atoms with Gasteiger partial charge in [0.1, 0.15) is 34.5 Å². The number of nitrogens with one attached hydrogen (secondary N) is 2. The number of rotatable bonds is 15. The molecule has 2 fully saturated rings. The molecule has 4 aromatic rings. The van der Waals surface area contributed by atoms with Crippen molar-refractivity contribution < 1.29 is 28.4 Å². The summed E-state index contributed by atoms with van der Waals surface area (Å²) < 4.78 is 34.0. The van der Waals surface area contributed by atoms with Gasteiger partial charge in [-0.3, -0.25) is 4.98 Å². The molecule has 2 N–H and O–H groups in total. The SMILES string of the molecule is CCOc1cc(CC)c(OC)cc1-c1cccnc1.CCOc1cc(CC)c(OC)cc1[C@@H]1CCCNC1.CCOc1cc(CC)c(OC)cc1[C@H]1CCCNC1.Cl.Cl. The van der Waals surface area contributed by atoms with Crippen molar-refractivity contribution in [2.45, 2.75) is 98.3 Å². The number of hydrogen-bond acceptors (Lipinski definition) is 9. The zero-order valence-corrected chi connectivity index (χ0v) is 38.7. The summed E-state index contributed by atoms with van der Waals surface area (Å²) in [6, 6.07) is 16.7. The van der Waals surface area contributed by atoms with E-state index < -0.39 is 0 Å². The maximum absolute atomic E-state index is 5.85. The van der Waals surface area contributed by atoms with Gasteiger partial charge in [0.05, 0.1) is 41.2 Å². The summed E-state index contributed by atoms with van der Waals surface area (Å²) in [4.78, 5) is 4.16. The quantitative estimate of drug-likeness (QED) is 0.121. The Morgan fingerprint density at radius 3 is 1.34 bits per heavy atom. The zero-order valence-electron chi connectivity index (χ0n) is 37.0. The standard InChI is InChI=1S/2C16H25NO2.C16H19NO2.2ClH/c3*1-4-12-9-16(19-5-2)14(10-15(12)18-3)13-7-6-8-17-11-13;;/h2*9-10,13,17H,4-8,11H2,1-3H3;6-11H,4-5H2,1-3H3;2*1H/t2*13-;;;/m10.../s1. The molecule has 0 spiro atoms. The van der Waals surface area contributed by atoms with Gasteiger partial charge in [0.15, 0.2) is 0 Å². The molecule has 6 rings (SSSR count). The second kappa shape index (κ2) is 27.8. The van der Waals surface area contributed by atoms with Crippen LogP contribution in [0.25, 0.3) is 11.1 Å². The molecular weight excluding hydrogens is 785 g/mol. The first-order valence-corrected chi connectivity index (χ1v) is 21.2. The first-order valence-electron chi connectivity index (χ1n) is 21.2. The molecule has 3 heterocycles. The minimum Gasteiger partial charge on any atom is -0.496 e. The van der Waals surface area contributed by atoms with E-state index in [1.165, 1.54) is 47.9 Å². The average molecular weight is 857 g/mol. The number of ether oxygens (including phenoxy) is 6. The molecule has 2 aliphatic rings. The van der Waals surface area contributed by atoms with E-state index >= 15 is 0 Å². The Labute approximate surface area is 367 Å². The molecule has 1 aromatic heterocycles. The molecule has 59 heavy (non-hydrogen) atoms.